The lowest BCUT2D eigenvalue weighted by atomic mass is 10.0. The predicted molar refractivity (Wildman–Crippen MR) is 95.3 cm³/mol. The van der Waals surface area contributed by atoms with E-state index in [1.165, 1.54) is 12.0 Å². The minimum atomic E-state index is -0.0640. The van der Waals surface area contributed by atoms with E-state index in [0.29, 0.717) is 0 Å². The van der Waals surface area contributed by atoms with Crippen LogP contribution in [-0.4, -0.2) is 25.3 Å². The summed E-state index contributed by atoms with van der Waals surface area (Å²) in [6, 6.07) is 0. The molecule has 0 aromatic heterocycles. The zero-order chi connectivity index (χ0) is 17.1. The molecule has 0 radical (unpaired) electrons. The first-order valence-corrected chi connectivity index (χ1v) is 8.72. The molecule has 1 fully saturated rings. The van der Waals surface area contributed by atoms with Crippen LogP contribution < -0.4 is 0 Å². The summed E-state index contributed by atoms with van der Waals surface area (Å²) >= 11 is 0. The molecule has 1 aliphatic rings. The van der Waals surface area contributed by atoms with E-state index >= 15 is 0 Å². The first-order valence-electron chi connectivity index (χ1n) is 8.72. The van der Waals surface area contributed by atoms with Crippen molar-refractivity contribution in [1.82, 2.24) is 0 Å². The number of hydrogen-bond acceptors (Lipinski definition) is 3. The molecule has 3 nitrogen and oxygen atoms in total. The van der Waals surface area contributed by atoms with Crippen molar-refractivity contribution in [2.45, 2.75) is 78.1 Å². The summed E-state index contributed by atoms with van der Waals surface area (Å²) in [6.45, 7) is 11.0. The van der Waals surface area contributed by atoms with Crippen LogP contribution >= 0.6 is 0 Å². The van der Waals surface area contributed by atoms with Crippen molar-refractivity contribution < 1.29 is 14.3 Å². The molecule has 1 heterocycles. The number of carbonyl (C=O) groups excluding carboxylic acids is 1. The molecule has 3 heteroatoms. The van der Waals surface area contributed by atoms with E-state index in [1.807, 2.05) is 13.8 Å². The van der Waals surface area contributed by atoms with Crippen molar-refractivity contribution in [2.24, 2.45) is 0 Å². The van der Waals surface area contributed by atoms with E-state index < -0.39 is 0 Å². The third kappa shape index (κ3) is 8.87. The van der Waals surface area contributed by atoms with Gasteiger partial charge in [-0.2, -0.15) is 0 Å². The minimum absolute atomic E-state index is 0.0640. The van der Waals surface area contributed by atoms with Crippen molar-refractivity contribution in [3.05, 3.63) is 35.5 Å². The molecule has 1 aliphatic heterocycles. The Kier molecular flexibility index (Phi) is 9.81. The molecule has 0 bridgehead atoms. The molecule has 0 N–H and O–H groups in total. The van der Waals surface area contributed by atoms with Crippen molar-refractivity contribution in [3.8, 4) is 0 Å². The third-order valence-electron chi connectivity index (χ3n) is 4.19. The molecule has 1 rings (SSSR count). The van der Waals surface area contributed by atoms with Crippen molar-refractivity contribution in [1.29, 1.82) is 0 Å². The SMILES string of the molecule is C=C(C)C(CC/C(C)=C/CC/C(C)=C/C=O)OC1CCCCO1. The highest BCUT2D eigenvalue weighted by Crippen LogP contribution is 2.22. The molecule has 130 valence electrons. The summed E-state index contributed by atoms with van der Waals surface area (Å²) in [5.74, 6) is 0. The van der Waals surface area contributed by atoms with Gasteiger partial charge in [0.15, 0.2) is 6.29 Å². The largest absolute Gasteiger partial charge is 0.353 e. The van der Waals surface area contributed by atoms with E-state index in [1.54, 1.807) is 6.08 Å². The van der Waals surface area contributed by atoms with E-state index in [2.05, 4.69) is 19.6 Å². The number of allylic oxidation sites excluding steroid dienone is 4. The van der Waals surface area contributed by atoms with Gasteiger partial charge in [0.05, 0.1) is 6.10 Å². The zero-order valence-corrected chi connectivity index (χ0v) is 15.0. The summed E-state index contributed by atoms with van der Waals surface area (Å²) in [5, 5.41) is 0. The summed E-state index contributed by atoms with van der Waals surface area (Å²) in [6.07, 6.45) is 11.9. The highest BCUT2D eigenvalue weighted by atomic mass is 16.7. The van der Waals surface area contributed by atoms with Gasteiger partial charge in [0.25, 0.3) is 0 Å². The van der Waals surface area contributed by atoms with Gasteiger partial charge in [0.2, 0.25) is 0 Å². The van der Waals surface area contributed by atoms with Crippen LogP contribution in [0.4, 0.5) is 0 Å². The Bertz CT molecular complexity index is 428. The molecular weight excluding hydrogens is 288 g/mol. The smallest absolute Gasteiger partial charge is 0.158 e. The van der Waals surface area contributed by atoms with Crippen LogP contribution in [-0.2, 0) is 14.3 Å². The fourth-order valence-electron chi connectivity index (χ4n) is 2.64. The highest BCUT2D eigenvalue weighted by Gasteiger charge is 2.20. The molecule has 0 aromatic carbocycles. The van der Waals surface area contributed by atoms with Crippen LogP contribution in [0.25, 0.3) is 0 Å². The molecular formula is C20H32O3. The number of carbonyl (C=O) groups is 1. The summed E-state index contributed by atoms with van der Waals surface area (Å²) in [4.78, 5) is 10.4. The van der Waals surface area contributed by atoms with Gasteiger partial charge in [-0.15, -0.1) is 0 Å². The summed E-state index contributed by atoms with van der Waals surface area (Å²) < 4.78 is 11.7. The second kappa shape index (κ2) is 11.4. The van der Waals surface area contributed by atoms with Gasteiger partial charge in [-0.25, -0.2) is 0 Å². The number of ether oxygens (including phenoxy) is 2. The molecule has 0 aromatic rings. The maximum Gasteiger partial charge on any atom is 0.158 e. The van der Waals surface area contributed by atoms with Crippen molar-refractivity contribution in [2.75, 3.05) is 6.61 Å². The molecule has 0 amide bonds. The van der Waals surface area contributed by atoms with Crippen molar-refractivity contribution in [3.63, 3.8) is 0 Å². The Balaban J connectivity index is 2.36. The second-order valence-corrected chi connectivity index (χ2v) is 6.54. The van der Waals surface area contributed by atoms with E-state index in [-0.39, 0.29) is 12.4 Å². The first-order chi connectivity index (χ1) is 11.0. The molecule has 1 saturated heterocycles. The molecule has 0 spiro atoms. The van der Waals surface area contributed by atoms with E-state index in [4.69, 9.17) is 9.47 Å². The van der Waals surface area contributed by atoms with Crippen LogP contribution in [0.3, 0.4) is 0 Å². The highest BCUT2D eigenvalue weighted by molar-refractivity contribution is 5.65. The lowest BCUT2D eigenvalue weighted by Crippen LogP contribution is -2.28. The Morgan fingerprint density at radius 2 is 2.04 bits per heavy atom. The standard InChI is InChI=1S/C20H32O3/c1-16(2)19(23-20-10-5-6-15-22-20)12-11-17(3)8-7-9-18(4)13-14-21/h8,13-14,19-20H,1,5-7,9-12,15H2,2-4H3/b17-8+,18-13+. The number of aldehydes is 1. The summed E-state index contributed by atoms with van der Waals surface area (Å²) in [5.41, 5.74) is 3.56. The predicted octanol–water partition coefficient (Wildman–Crippen LogP) is 5.13. The maximum absolute atomic E-state index is 10.4. The monoisotopic (exact) mass is 320 g/mol. The van der Waals surface area contributed by atoms with Gasteiger partial charge in [-0.1, -0.05) is 29.4 Å². The summed E-state index contributed by atoms with van der Waals surface area (Å²) in [7, 11) is 0. The lowest BCUT2D eigenvalue weighted by molar-refractivity contribution is -0.181. The van der Waals surface area contributed by atoms with Gasteiger partial charge in [0, 0.05) is 6.61 Å². The van der Waals surface area contributed by atoms with Gasteiger partial charge in [-0.05, 0) is 71.8 Å². The van der Waals surface area contributed by atoms with Gasteiger partial charge >= 0.3 is 0 Å². The third-order valence-corrected chi connectivity index (χ3v) is 4.19. The van der Waals surface area contributed by atoms with Gasteiger partial charge < -0.3 is 9.47 Å². The molecule has 2 atom stereocenters. The van der Waals surface area contributed by atoms with Gasteiger partial charge in [0.1, 0.15) is 6.29 Å². The molecule has 23 heavy (non-hydrogen) atoms. The minimum Gasteiger partial charge on any atom is -0.353 e. The van der Waals surface area contributed by atoms with Crippen LogP contribution in [0.1, 0.15) is 65.7 Å². The average molecular weight is 320 g/mol. The maximum atomic E-state index is 10.4. The van der Waals surface area contributed by atoms with Crippen LogP contribution in [0.15, 0.2) is 35.5 Å². The second-order valence-electron chi connectivity index (χ2n) is 6.54. The zero-order valence-electron chi connectivity index (χ0n) is 15.0. The Labute approximate surface area is 141 Å². The average Bonchev–Trinajstić information content (AvgIpc) is 2.52. The fourth-order valence-corrected chi connectivity index (χ4v) is 2.64. The van der Waals surface area contributed by atoms with Crippen LogP contribution in [0.5, 0.6) is 0 Å². The van der Waals surface area contributed by atoms with Gasteiger partial charge in [-0.3, -0.25) is 4.79 Å². The normalized spacial score (nSPS) is 21.1. The van der Waals surface area contributed by atoms with Crippen molar-refractivity contribution >= 4 is 6.29 Å². The van der Waals surface area contributed by atoms with E-state index in [0.717, 1.165) is 62.6 Å². The Hall–Kier alpha value is -1.19. The molecule has 2 unspecified atom stereocenters. The van der Waals surface area contributed by atoms with Crippen LogP contribution in [0.2, 0.25) is 0 Å². The topological polar surface area (TPSA) is 35.5 Å². The number of hydrogen-bond donors (Lipinski definition) is 0. The van der Waals surface area contributed by atoms with Crippen LogP contribution in [0, 0.1) is 0 Å². The fraction of sp³-hybridized carbons (Fsp3) is 0.650. The lowest BCUT2D eigenvalue weighted by Gasteiger charge is -2.28. The molecule has 0 saturated carbocycles. The quantitative estimate of drug-likeness (QED) is 0.318. The number of rotatable bonds is 10. The van der Waals surface area contributed by atoms with E-state index in [9.17, 15) is 4.79 Å². The first kappa shape index (κ1) is 19.9. The molecule has 0 aliphatic carbocycles. The Morgan fingerprint density at radius 3 is 2.65 bits per heavy atom. The Morgan fingerprint density at radius 1 is 1.26 bits per heavy atom.